The lowest BCUT2D eigenvalue weighted by Crippen LogP contribution is -2.36. The summed E-state index contributed by atoms with van der Waals surface area (Å²) in [5.74, 6) is -0.182. The van der Waals surface area contributed by atoms with E-state index in [0.717, 1.165) is 42.4 Å². The number of halogens is 1. The molecule has 0 unspecified atom stereocenters. The van der Waals surface area contributed by atoms with Gasteiger partial charge in [0.2, 0.25) is 0 Å². The molecule has 3 nitrogen and oxygen atoms in total. The van der Waals surface area contributed by atoms with Gasteiger partial charge in [0, 0.05) is 19.2 Å². The van der Waals surface area contributed by atoms with Crippen molar-refractivity contribution < 1.29 is 13.9 Å². The number of rotatable bonds is 3. The molecule has 1 aliphatic carbocycles. The SMILES string of the molecule is CO[C@H]1C2=C(CCCC2)C(=O)N1Cc1ccc(F)cc1. The Bertz CT molecular complexity index is 550. The Hall–Kier alpha value is -1.68. The summed E-state index contributed by atoms with van der Waals surface area (Å²) in [6, 6.07) is 6.27. The molecule has 4 heteroatoms. The van der Waals surface area contributed by atoms with E-state index < -0.39 is 0 Å². The first-order chi connectivity index (χ1) is 9.70. The second kappa shape index (κ2) is 5.37. The van der Waals surface area contributed by atoms with Gasteiger partial charge in [-0.15, -0.1) is 0 Å². The van der Waals surface area contributed by atoms with Gasteiger partial charge in [-0.3, -0.25) is 4.79 Å². The Labute approximate surface area is 118 Å². The molecule has 2 aliphatic rings. The fourth-order valence-corrected chi connectivity index (χ4v) is 3.12. The third-order valence-electron chi connectivity index (χ3n) is 4.10. The van der Waals surface area contributed by atoms with Gasteiger partial charge in [0.05, 0.1) is 0 Å². The standard InChI is InChI=1S/C16H18FNO2/c1-20-16-14-5-3-2-4-13(14)15(19)18(16)10-11-6-8-12(17)9-7-11/h6-9,16H,2-5,10H2,1H3/t16-/m0/s1. The van der Waals surface area contributed by atoms with Crippen LogP contribution >= 0.6 is 0 Å². The van der Waals surface area contributed by atoms with Gasteiger partial charge in [-0.25, -0.2) is 4.39 Å². The van der Waals surface area contributed by atoms with E-state index in [0.29, 0.717) is 6.54 Å². The molecule has 106 valence electrons. The normalized spacial score (nSPS) is 22.4. The Morgan fingerprint density at radius 3 is 2.65 bits per heavy atom. The van der Waals surface area contributed by atoms with Gasteiger partial charge in [-0.2, -0.15) is 0 Å². The van der Waals surface area contributed by atoms with Gasteiger partial charge in [-0.1, -0.05) is 12.1 Å². The molecule has 0 radical (unpaired) electrons. The molecule has 1 aromatic rings. The highest BCUT2D eigenvalue weighted by molar-refractivity contribution is 5.97. The highest BCUT2D eigenvalue weighted by atomic mass is 19.1. The fraction of sp³-hybridized carbons (Fsp3) is 0.438. The molecule has 0 N–H and O–H groups in total. The van der Waals surface area contributed by atoms with Gasteiger partial charge < -0.3 is 9.64 Å². The quantitative estimate of drug-likeness (QED) is 0.848. The molecule has 1 aliphatic heterocycles. The number of hydrogen-bond donors (Lipinski definition) is 0. The number of ether oxygens (including phenoxy) is 1. The van der Waals surface area contributed by atoms with Crippen LogP contribution in [0.25, 0.3) is 0 Å². The number of methoxy groups -OCH3 is 1. The van der Waals surface area contributed by atoms with Crippen LogP contribution in [0.5, 0.6) is 0 Å². The number of carbonyl (C=O) groups excluding carboxylic acids is 1. The van der Waals surface area contributed by atoms with Crippen LogP contribution in [-0.2, 0) is 16.1 Å². The highest BCUT2D eigenvalue weighted by Gasteiger charge is 2.39. The summed E-state index contributed by atoms with van der Waals surface area (Å²) in [7, 11) is 1.64. The lowest BCUT2D eigenvalue weighted by molar-refractivity contribution is -0.134. The zero-order valence-electron chi connectivity index (χ0n) is 11.6. The molecule has 1 heterocycles. The molecule has 0 fully saturated rings. The predicted molar refractivity (Wildman–Crippen MR) is 73.2 cm³/mol. The number of benzene rings is 1. The van der Waals surface area contributed by atoms with Crippen LogP contribution in [0.1, 0.15) is 31.2 Å². The minimum atomic E-state index is -0.262. The highest BCUT2D eigenvalue weighted by Crippen LogP contribution is 2.37. The topological polar surface area (TPSA) is 29.5 Å². The van der Waals surface area contributed by atoms with Crippen LogP contribution < -0.4 is 0 Å². The molecule has 0 bridgehead atoms. The first-order valence-electron chi connectivity index (χ1n) is 7.01. The smallest absolute Gasteiger partial charge is 0.252 e. The van der Waals surface area contributed by atoms with Crippen molar-refractivity contribution in [3.63, 3.8) is 0 Å². The minimum Gasteiger partial charge on any atom is -0.357 e. The monoisotopic (exact) mass is 275 g/mol. The molecule has 1 amide bonds. The summed E-state index contributed by atoms with van der Waals surface area (Å²) in [5.41, 5.74) is 3.00. The number of hydrogen-bond acceptors (Lipinski definition) is 2. The van der Waals surface area contributed by atoms with Gasteiger partial charge in [0.15, 0.2) is 6.23 Å². The van der Waals surface area contributed by atoms with Crippen LogP contribution in [0.3, 0.4) is 0 Å². The molecule has 20 heavy (non-hydrogen) atoms. The van der Waals surface area contributed by atoms with Crippen molar-refractivity contribution in [2.75, 3.05) is 7.11 Å². The van der Waals surface area contributed by atoms with E-state index in [-0.39, 0.29) is 18.0 Å². The van der Waals surface area contributed by atoms with E-state index in [2.05, 4.69) is 0 Å². The Morgan fingerprint density at radius 2 is 1.95 bits per heavy atom. The molecule has 0 aromatic heterocycles. The zero-order chi connectivity index (χ0) is 14.1. The summed E-state index contributed by atoms with van der Waals surface area (Å²) in [5, 5.41) is 0. The summed E-state index contributed by atoms with van der Waals surface area (Å²) in [6.07, 6.45) is 3.75. The van der Waals surface area contributed by atoms with Crippen molar-refractivity contribution in [1.82, 2.24) is 4.90 Å². The van der Waals surface area contributed by atoms with E-state index in [1.165, 1.54) is 12.1 Å². The van der Waals surface area contributed by atoms with Crippen LogP contribution in [0.15, 0.2) is 35.4 Å². The fourth-order valence-electron chi connectivity index (χ4n) is 3.12. The van der Waals surface area contributed by atoms with Crippen molar-refractivity contribution in [2.24, 2.45) is 0 Å². The molecule has 1 atom stereocenters. The van der Waals surface area contributed by atoms with Crippen LogP contribution in [-0.4, -0.2) is 24.1 Å². The lowest BCUT2D eigenvalue weighted by atomic mass is 9.93. The van der Waals surface area contributed by atoms with Crippen molar-refractivity contribution in [1.29, 1.82) is 0 Å². The average Bonchev–Trinajstić information content (AvgIpc) is 2.74. The van der Waals surface area contributed by atoms with Gasteiger partial charge in [0.25, 0.3) is 5.91 Å². The molecular formula is C16H18FNO2. The first-order valence-corrected chi connectivity index (χ1v) is 7.01. The molecule has 0 saturated carbocycles. The summed E-state index contributed by atoms with van der Waals surface area (Å²) >= 11 is 0. The third-order valence-corrected chi connectivity index (χ3v) is 4.10. The number of carbonyl (C=O) groups is 1. The van der Waals surface area contributed by atoms with Crippen molar-refractivity contribution in [3.8, 4) is 0 Å². The second-order valence-electron chi connectivity index (χ2n) is 5.36. The second-order valence-corrected chi connectivity index (χ2v) is 5.36. The van der Waals surface area contributed by atoms with E-state index in [4.69, 9.17) is 4.74 Å². The molecular weight excluding hydrogens is 257 g/mol. The first kappa shape index (κ1) is 13.3. The zero-order valence-corrected chi connectivity index (χ0v) is 11.6. The molecule has 1 aromatic carbocycles. The average molecular weight is 275 g/mol. The van der Waals surface area contributed by atoms with Crippen molar-refractivity contribution in [2.45, 2.75) is 38.5 Å². The van der Waals surface area contributed by atoms with Crippen LogP contribution in [0.4, 0.5) is 4.39 Å². The van der Waals surface area contributed by atoms with Crippen LogP contribution in [0.2, 0.25) is 0 Å². The number of nitrogens with zero attached hydrogens (tertiary/aromatic N) is 1. The van der Waals surface area contributed by atoms with E-state index in [1.807, 2.05) is 0 Å². The van der Waals surface area contributed by atoms with E-state index >= 15 is 0 Å². The maximum Gasteiger partial charge on any atom is 0.252 e. The number of amides is 1. The molecule has 0 saturated heterocycles. The Morgan fingerprint density at radius 1 is 1.25 bits per heavy atom. The van der Waals surface area contributed by atoms with Crippen LogP contribution in [0, 0.1) is 5.82 Å². The van der Waals surface area contributed by atoms with E-state index in [1.54, 1.807) is 24.1 Å². The Kier molecular flexibility index (Phi) is 3.57. The maximum atomic E-state index is 12.9. The summed E-state index contributed by atoms with van der Waals surface area (Å²) in [6.45, 7) is 0.463. The largest absolute Gasteiger partial charge is 0.357 e. The van der Waals surface area contributed by atoms with Gasteiger partial charge in [-0.05, 0) is 49.0 Å². The van der Waals surface area contributed by atoms with Crippen molar-refractivity contribution in [3.05, 3.63) is 46.8 Å². The summed E-state index contributed by atoms with van der Waals surface area (Å²) in [4.78, 5) is 14.2. The minimum absolute atomic E-state index is 0.0795. The predicted octanol–water partition coefficient (Wildman–Crippen LogP) is 3.01. The molecule has 0 spiro atoms. The van der Waals surface area contributed by atoms with Crippen molar-refractivity contribution >= 4 is 5.91 Å². The lowest BCUT2D eigenvalue weighted by Gasteiger charge is -2.26. The van der Waals surface area contributed by atoms with E-state index in [9.17, 15) is 9.18 Å². The molecule has 3 rings (SSSR count). The maximum absolute atomic E-state index is 12.9. The Balaban J connectivity index is 1.83. The summed E-state index contributed by atoms with van der Waals surface area (Å²) < 4.78 is 18.5. The van der Waals surface area contributed by atoms with Gasteiger partial charge in [0.1, 0.15) is 5.82 Å². The van der Waals surface area contributed by atoms with Gasteiger partial charge >= 0.3 is 0 Å². The third kappa shape index (κ3) is 2.24.